The predicted molar refractivity (Wildman–Crippen MR) is 70.5 cm³/mol. The second-order valence-electron chi connectivity index (χ2n) is 3.87. The van der Waals surface area contributed by atoms with Crippen molar-refractivity contribution in [2.24, 2.45) is 0 Å². The van der Waals surface area contributed by atoms with Gasteiger partial charge in [-0.2, -0.15) is 11.3 Å². The summed E-state index contributed by atoms with van der Waals surface area (Å²) in [7, 11) is 0. The molecule has 2 nitrogen and oxygen atoms in total. The van der Waals surface area contributed by atoms with Crippen molar-refractivity contribution in [3.63, 3.8) is 0 Å². The molecule has 0 bridgehead atoms. The van der Waals surface area contributed by atoms with Crippen LogP contribution in [0.15, 0.2) is 35.0 Å². The molecule has 16 heavy (non-hydrogen) atoms. The molecular formula is C13H16N2S. The first-order valence-corrected chi connectivity index (χ1v) is 6.27. The lowest BCUT2D eigenvalue weighted by Gasteiger charge is -2.09. The standard InChI is InChI=1S/C13H16N2S/c1-10-12(3-2-4-13(10)14)8-15-7-11-5-6-16-9-11/h2-6,9,15H,7-8,14H2,1H3. The van der Waals surface area contributed by atoms with E-state index in [0.717, 1.165) is 18.8 Å². The van der Waals surface area contributed by atoms with E-state index in [4.69, 9.17) is 5.73 Å². The molecule has 0 amide bonds. The Morgan fingerprint density at radius 2 is 2.12 bits per heavy atom. The van der Waals surface area contributed by atoms with Crippen molar-refractivity contribution in [1.82, 2.24) is 5.32 Å². The van der Waals surface area contributed by atoms with Crippen molar-refractivity contribution in [3.8, 4) is 0 Å². The summed E-state index contributed by atoms with van der Waals surface area (Å²) in [6.07, 6.45) is 0. The first kappa shape index (κ1) is 11.2. The number of hydrogen-bond donors (Lipinski definition) is 2. The van der Waals surface area contributed by atoms with Crippen LogP contribution in [0.2, 0.25) is 0 Å². The first-order chi connectivity index (χ1) is 7.77. The van der Waals surface area contributed by atoms with E-state index in [0.29, 0.717) is 0 Å². The van der Waals surface area contributed by atoms with Crippen LogP contribution in [0.25, 0.3) is 0 Å². The van der Waals surface area contributed by atoms with Crippen LogP contribution >= 0.6 is 11.3 Å². The summed E-state index contributed by atoms with van der Waals surface area (Å²) in [5.41, 5.74) is 10.5. The van der Waals surface area contributed by atoms with Crippen LogP contribution in [0.3, 0.4) is 0 Å². The monoisotopic (exact) mass is 232 g/mol. The van der Waals surface area contributed by atoms with Gasteiger partial charge in [0.2, 0.25) is 0 Å². The highest BCUT2D eigenvalue weighted by Gasteiger charge is 2.00. The molecule has 0 spiro atoms. The Labute approximate surface area is 100 Å². The average Bonchev–Trinajstić information content (AvgIpc) is 2.77. The predicted octanol–water partition coefficient (Wildman–Crippen LogP) is 2.93. The van der Waals surface area contributed by atoms with Gasteiger partial charge in [0, 0.05) is 18.8 Å². The molecule has 2 rings (SSSR count). The lowest BCUT2D eigenvalue weighted by Crippen LogP contribution is -2.13. The van der Waals surface area contributed by atoms with E-state index in [1.165, 1.54) is 16.7 Å². The summed E-state index contributed by atoms with van der Waals surface area (Å²) in [6.45, 7) is 3.85. The topological polar surface area (TPSA) is 38.0 Å². The molecule has 1 aromatic heterocycles. The van der Waals surface area contributed by atoms with Gasteiger partial charge >= 0.3 is 0 Å². The fraction of sp³-hybridized carbons (Fsp3) is 0.231. The minimum atomic E-state index is 0.868. The maximum atomic E-state index is 5.86. The van der Waals surface area contributed by atoms with Crippen molar-refractivity contribution >= 4 is 17.0 Å². The Balaban J connectivity index is 1.92. The fourth-order valence-electron chi connectivity index (χ4n) is 1.63. The zero-order valence-corrected chi connectivity index (χ0v) is 10.2. The number of rotatable bonds is 4. The van der Waals surface area contributed by atoms with Crippen LogP contribution < -0.4 is 11.1 Å². The molecule has 3 N–H and O–H groups in total. The summed E-state index contributed by atoms with van der Waals surface area (Å²) in [5, 5.41) is 7.69. The highest BCUT2D eigenvalue weighted by Crippen LogP contribution is 2.15. The molecule has 84 valence electrons. The van der Waals surface area contributed by atoms with Crippen molar-refractivity contribution in [2.75, 3.05) is 5.73 Å². The molecule has 0 saturated heterocycles. The van der Waals surface area contributed by atoms with Gasteiger partial charge in [-0.3, -0.25) is 0 Å². The van der Waals surface area contributed by atoms with E-state index in [-0.39, 0.29) is 0 Å². The van der Waals surface area contributed by atoms with Gasteiger partial charge in [0.05, 0.1) is 0 Å². The SMILES string of the molecule is Cc1c(N)cccc1CNCc1ccsc1. The molecule has 3 heteroatoms. The maximum Gasteiger partial charge on any atom is 0.0346 e. The van der Waals surface area contributed by atoms with Crippen LogP contribution in [-0.2, 0) is 13.1 Å². The molecule has 0 radical (unpaired) electrons. The Kier molecular flexibility index (Phi) is 3.59. The third kappa shape index (κ3) is 2.62. The van der Waals surface area contributed by atoms with Crippen molar-refractivity contribution in [1.29, 1.82) is 0 Å². The van der Waals surface area contributed by atoms with Gasteiger partial charge in [-0.1, -0.05) is 12.1 Å². The van der Waals surface area contributed by atoms with E-state index in [1.54, 1.807) is 11.3 Å². The molecule has 0 unspecified atom stereocenters. The summed E-state index contributed by atoms with van der Waals surface area (Å²) >= 11 is 1.73. The fourth-order valence-corrected chi connectivity index (χ4v) is 2.30. The summed E-state index contributed by atoms with van der Waals surface area (Å²) in [4.78, 5) is 0. The number of benzene rings is 1. The molecule has 0 atom stereocenters. The molecule has 0 aliphatic rings. The number of nitrogen functional groups attached to an aromatic ring is 1. The Morgan fingerprint density at radius 1 is 1.25 bits per heavy atom. The average molecular weight is 232 g/mol. The number of anilines is 1. The second-order valence-corrected chi connectivity index (χ2v) is 4.65. The third-order valence-corrected chi connectivity index (χ3v) is 3.44. The Hall–Kier alpha value is -1.32. The molecule has 1 aromatic carbocycles. The Bertz CT molecular complexity index is 449. The normalized spacial score (nSPS) is 10.6. The highest BCUT2D eigenvalue weighted by molar-refractivity contribution is 7.07. The molecule has 0 fully saturated rings. The Morgan fingerprint density at radius 3 is 2.88 bits per heavy atom. The van der Waals surface area contributed by atoms with Gasteiger partial charge in [0.1, 0.15) is 0 Å². The third-order valence-electron chi connectivity index (χ3n) is 2.71. The lowest BCUT2D eigenvalue weighted by molar-refractivity contribution is 0.692. The largest absolute Gasteiger partial charge is 0.399 e. The van der Waals surface area contributed by atoms with Gasteiger partial charge in [0.25, 0.3) is 0 Å². The number of nitrogens with two attached hydrogens (primary N) is 1. The lowest BCUT2D eigenvalue weighted by atomic mass is 10.1. The molecule has 0 saturated carbocycles. The van der Waals surface area contributed by atoms with Gasteiger partial charge in [0.15, 0.2) is 0 Å². The molecule has 0 aliphatic carbocycles. The second kappa shape index (κ2) is 5.14. The van der Waals surface area contributed by atoms with E-state index in [2.05, 4.69) is 35.1 Å². The maximum absolute atomic E-state index is 5.86. The van der Waals surface area contributed by atoms with Crippen LogP contribution in [-0.4, -0.2) is 0 Å². The number of thiophene rings is 1. The molecular weight excluding hydrogens is 216 g/mol. The smallest absolute Gasteiger partial charge is 0.0346 e. The minimum Gasteiger partial charge on any atom is -0.399 e. The zero-order chi connectivity index (χ0) is 11.4. The van der Waals surface area contributed by atoms with Crippen molar-refractivity contribution in [2.45, 2.75) is 20.0 Å². The first-order valence-electron chi connectivity index (χ1n) is 5.33. The van der Waals surface area contributed by atoms with Gasteiger partial charge in [-0.15, -0.1) is 0 Å². The van der Waals surface area contributed by atoms with E-state index < -0.39 is 0 Å². The van der Waals surface area contributed by atoms with Crippen LogP contribution in [0, 0.1) is 6.92 Å². The highest BCUT2D eigenvalue weighted by atomic mass is 32.1. The zero-order valence-electron chi connectivity index (χ0n) is 9.36. The minimum absolute atomic E-state index is 0.868. The number of nitrogens with one attached hydrogen (secondary N) is 1. The van der Waals surface area contributed by atoms with E-state index in [1.807, 2.05) is 12.1 Å². The van der Waals surface area contributed by atoms with Crippen LogP contribution in [0.1, 0.15) is 16.7 Å². The molecule has 1 heterocycles. The van der Waals surface area contributed by atoms with Crippen molar-refractivity contribution < 1.29 is 0 Å². The summed E-state index contributed by atoms with van der Waals surface area (Å²) in [5.74, 6) is 0. The van der Waals surface area contributed by atoms with Crippen molar-refractivity contribution in [3.05, 3.63) is 51.7 Å². The van der Waals surface area contributed by atoms with Gasteiger partial charge in [-0.05, 0) is 46.5 Å². The van der Waals surface area contributed by atoms with Crippen LogP contribution in [0.5, 0.6) is 0 Å². The molecule has 0 aliphatic heterocycles. The quantitative estimate of drug-likeness (QED) is 0.795. The van der Waals surface area contributed by atoms with E-state index in [9.17, 15) is 0 Å². The van der Waals surface area contributed by atoms with Gasteiger partial charge < -0.3 is 11.1 Å². The summed E-state index contributed by atoms with van der Waals surface area (Å²) in [6, 6.07) is 8.21. The van der Waals surface area contributed by atoms with E-state index >= 15 is 0 Å². The van der Waals surface area contributed by atoms with Crippen LogP contribution in [0.4, 0.5) is 5.69 Å². The summed E-state index contributed by atoms with van der Waals surface area (Å²) < 4.78 is 0. The number of hydrogen-bond acceptors (Lipinski definition) is 3. The molecule has 2 aromatic rings. The van der Waals surface area contributed by atoms with Gasteiger partial charge in [-0.25, -0.2) is 0 Å².